The predicted molar refractivity (Wildman–Crippen MR) is 82.9 cm³/mol. The smallest absolute Gasteiger partial charge is 0.253 e. The number of H-pyrrole nitrogens is 1. The van der Waals surface area contributed by atoms with Crippen LogP contribution in [0.5, 0.6) is 0 Å². The van der Waals surface area contributed by atoms with E-state index in [9.17, 15) is 14.4 Å². The monoisotopic (exact) mass is 298 g/mol. The van der Waals surface area contributed by atoms with Crippen molar-refractivity contribution < 1.29 is 4.39 Å². The molecular formula is C17H17FN3O. The molecule has 1 aliphatic rings. The molecule has 1 radical (unpaired) electrons. The van der Waals surface area contributed by atoms with Gasteiger partial charge in [0.05, 0.1) is 11.1 Å². The fourth-order valence-corrected chi connectivity index (χ4v) is 2.98. The van der Waals surface area contributed by atoms with Crippen LogP contribution < -0.4 is 5.56 Å². The molecule has 0 aliphatic carbocycles. The summed E-state index contributed by atoms with van der Waals surface area (Å²) in [4.78, 5) is 17.2. The average molecular weight is 298 g/mol. The van der Waals surface area contributed by atoms with Crippen molar-refractivity contribution >= 4 is 10.9 Å². The number of likely N-dealkylation sites (tertiary alicyclic amines) is 1. The lowest BCUT2D eigenvalue weighted by molar-refractivity contribution is 0.257. The molecule has 1 N–H and O–H groups in total. The second-order valence-corrected chi connectivity index (χ2v) is 5.57. The third-order valence-electron chi connectivity index (χ3n) is 4.16. The summed E-state index contributed by atoms with van der Waals surface area (Å²) in [6.45, 7) is 2.76. The number of nitriles is 1. The second-order valence-electron chi connectivity index (χ2n) is 5.57. The summed E-state index contributed by atoms with van der Waals surface area (Å²) in [5.41, 5.74) is 0.939. The molecule has 0 unspecified atom stereocenters. The quantitative estimate of drug-likeness (QED) is 0.946. The molecule has 0 spiro atoms. The van der Waals surface area contributed by atoms with Gasteiger partial charge in [-0.05, 0) is 57.0 Å². The summed E-state index contributed by atoms with van der Waals surface area (Å²) < 4.78 is 13.3. The van der Waals surface area contributed by atoms with Crippen molar-refractivity contribution in [2.24, 2.45) is 0 Å². The molecule has 3 rings (SSSR count). The van der Waals surface area contributed by atoms with Gasteiger partial charge in [0.25, 0.3) is 5.56 Å². The van der Waals surface area contributed by atoms with Gasteiger partial charge < -0.3 is 9.88 Å². The van der Waals surface area contributed by atoms with Crippen LogP contribution in [-0.4, -0.2) is 29.5 Å². The highest BCUT2D eigenvalue weighted by atomic mass is 19.1. The molecule has 1 fully saturated rings. The van der Waals surface area contributed by atoms with Gasteiger partial charge in [-0.1, -0.05) is 0 Å². The largest absolute Gasteiger partial charge is 0.322 e. The highest BCUT2D eigenvalue weighted by molar-refractivity contribution is 5.85. The van der Waals surface area contributed by atoms with Crippen LogP contribution in [0.4, 0.5) is 4.39 Å². The Morgan fingerprint density at radius 3 is 2.82 bits per heavy atom. The van der Waals surface area contributed by atoms with E-state index in [4.69, 9.17) is 0 Å². The molecule has 0 bridgehead atoms. The normalized spacial score (nSPS) is 15.8. The highest BCUT2D eigenvalue weighted by Crippen LogP contribution is 2.19. The SMILES string of the molecule is N#Cc1c(CCN2CC[CH]CC2)c(=O)[nH]c2cc(F)ccc12. The molecule has 1 aliphatic heterocycles. The van der Waals surface area contributed by atoms with Crippen molar-refractivity contribution in [3.63, 3.8) is 0 Å². The Kier molecular flexibility index (Phi) is 4.21. The molecule has 5 heteroatoms. The molecule has 0 amide bonds. The van der Waals surface area contributed by atoms with Crippen molar-refractivity contribution in [3.8, 4) is 6.07 Å². The van der Waals surface area contributed by atoms with E-state index in [-0.39, 0.29) is 5.56 Å². The van der Waals surface area contributed by atoms with Crippen molar-refractivity contribution in [3.05, 3.63) is 51.9 Å². The lowest BCUT2D eigenvalue weighted by Gasteiger charge is -2.26. The number of nitrogens with one attached hydrogen (secondary N) is 1. The van der Waals surface area contributed by atoms with Crippen LogP contribution in [0.15, 0.2) is 23.0 Å². The molecule has 1 saturated heterocycles. The summed E-state index contributed by atoms with van der Waals surface area (Å²) in [7, 11) is 0. The Morgan fingerprint density at radius 2 is 2.09 bits per heavy atom. The molecular weight excluding hydrogens is 281 g/mol. The second kappa shape index (κ2) is 6.29. The number of hydrogen-bond acceptors (Lipinski definition) is 3. The van der Waals surface area contributed by atoms with Crippen LogP contribution in [0.3, 0.4) is 0 Å². The van der Waals surface area contributed by atoms with E-state index >= 15 is 0 Å². The van der Waals surface area contributed by atoms with Gasteiger partial charge in [0.2, 0.25) is 0 Å². The zero-order valence-corrected chi connectivity index (χ0v) is 12.2. The first kappa shape index (κ1) is 14.7. The van der Waals surface area contributed by atoms with Gasteiger partial charge >= 0.3 is 0 Å². The van der Waals surface area contributed by atoms with E-state index < -0.39 is 5.82 Å². The maximum absolute atomic E-state index is 13.3. The van der Waals surface area contributed by atoms with Crippen molar-refractivity contribution in [2.45, 2.75) is 19.3 Å². The van der Waals surface area contributed by atoms with Gasteiger partial charge in [-0.3, -0.25) is 4.79 Å². The zero-order valence-electron chi connectivity index (χ0n) is 12.2. The average Bonchev–Trinajstić information content (AvgIpc) is 2.53. The Morgan fingerprint density at radius 1 is 1.32 bits per heavy atom. The molecule has 1 aromatic heterocycles. The number of aromatic amines is 1. The van der Waals surface area contributed by atoms with Crippen LogP contribution in [0.2, 0.25) is 0 Å². The summed E-state index contributed by atoms with van der Waals surface area (Å²) in [6, 6.07) is 6.24. The Hall–Kier alpha value is -2.19. The van der Waals surface area contributed by atoms with E-state index in [0.717, 1.165) is 32.5 Å². The van der Waals surface area contributed by atoms with E-state index in [1.165, 1.54) is 12.1 Å². The Labute approximate surface area is 128 Å². The van der Waals surface area contributed by atoms with Crippen LogP contribution in [0.25, 0.3) is 10.9 Å². The first-order valence-corrected chi connectivity index (χ1v) is 7.47. The van der Waals surface area contributed by atoms with Gasteiger partial charge in [0.15, 0.2) is 0 Å². The summed E-state index contributed by atoms with van der Waals surface area (Å²) in [5.74, 6) is -0.427. The van der Waals surface area contributed by atoms with Crippen LogP contribution in [0, 0.1) is 23.6 Å². The van der Waals surface area contributed by atoms with Crippen molar-refractivity contribution in [1.29, 1.82) is 5.26 Å². The Balaban J connectivity index is 1.94. The number of pyridine rings is 1. The molecule has 4 nitrogen and oxygen atoms in total. The number of fused-ring (bicyclic) bond motifs is 1. The predicted octanol–water partition coefficient (Wildman–Crippen LogP) is 2.38. The van der Waals surface area contributed by atoms with Gasteiger partial charge in [-0.2, -0.15) is 5.26 Å². The topological polar surface area (TPSA) is 59.9 Å². The fourth-order valence-electron chi connectivity index (χ4n) is 2.98. The third kappa shape index (κ3) is 2.88. The highest BCUT2D eigenvalue weighted by Gasteiger charge is 2.15. The van der Waals surface area contributed by atoms with E-state index in [0.29, 0.717) is 28.5 Å². The standard InChI is InChI=1S/C17H17FN3O/c18-12-4-5-13-15(11-19)14(17(22)20-16(13)10-12)6-9-21-7-2-1-3-8-21/h1,4-5,10H,2-3,6-9H2,(H,20,22). The number of halogens is 1. The van der Waals surface area contributed by atoms with Gasteiger partial charge in [0.1, 0.15) is 11.9 Å². The molecule has 2 heterocycles. The molecule has 22 heavy (non-hydrogen) atoms. The Bertz CT molecular complexity index is 785. The van der Waals surface area contributed by atoms with Crippen molar-refractivity contribution in [2.75, 3.05) is 19.6 Å². The number of nitrogens with zero attached hydrogens (tertiary/aromatic N) is 2. The minimum absolute atomic E-state index is 0.293. The lowest BCUT2D eigenvalue weighted by Crippen LogP contribution is -2.33. The third-order valence-corrected chi connectivity index (χ3v) is 4.16. The van der Waals surface area contributed by atoms with Crippen LogP contribution in [-0.2, 0) is 6.42 Å². The molecule has 2 aromatic rings. The fraction of sp³-hybridized carbons (Fsp3) is 0.353. The number of aromatic nitrogens is 1. The first-order chi connectivity index (χ1) is 10.7. The number of benzene rings is 1. The summed E-state index contributed by atoms with van der Waals surface area (Å²) in [6.07, 6.45) is 4.94. The van der Waals surface area contributed by atoms with E-state index in [1.54, 1.807) is 6.07 Å². The van der Waals surface area contributed by atoms with Crippen LogP contribution in [0.1, 0.15) is 24.0 Å². The summed E-state index contributed by atoms with van der Waals surface area (Å²) >= 11 is 0. The van der Waals surface area contributed by atoms with Gasteiger partial charge in [-0.25, -0.2) is 4.39 Å². The zero-order chi connectivity index (χ0) is 15.5. The molecule has 0 atom stereocenters. The van der Waals surface area contributed by atoms with Crippen molar-refractivity contribution in [1.82, 2.24) is 9.88 Å². The minimum atomic E-state index is -0.427. The molecule has 113 valence electrons. The maximum atomic E-state index is 13.3. The number of hydrogen-bond donors (Lipinski definition) is 1. The first-order valence-electron chi connectivity index (χ1n) is 7.47. The molecule has 1 aromatic carbocycles. The lowest BCUT2D eigenvalue weighted by atomic mass is 10.0. The minimum Gasteiger partial charge on any atom is -0.322 e. The van der Waals surface area contributed by atoms with Crippen LogP contribution >= 0.6 is 0 Å². The van der Waals surface area contributed by atoms with E-state index in [1.807, 2.05) is 0 Å². The summed E-state index contributed by atoms with van der Waals surface area (Å²) in [5, 5.41) is 10.0. The molecule has 0 saturated carbocycles. The number of piperidine rings is 1. The van der Waals surface area contributed by atoms with Gasteiger partial charge in [-0.15, -0.1) is 0 Å². The van der Waals surface area contributed by atoms with E-state index in [2.05, 4.69) is 22.4 Å². The van der Waals surface area contributed by atoms with Gasteiger partial charge in [0, 0.05) is 17.5 Å². The maximum Gasteiger partial charge on any atom is 0.253 e. The number of rotatable bonds is 3.